The monoisotopic (exact) mass is 218 g/mol. The Morgan fingerprint density at radius 1 is 1.47 bits per heavy atom. The highest BCUT2D eigenvalue weighted by Gasteiger charge is 2.28. The van der Waals surface area contributed by atoms with Crippen LogP contribution in [0.2, 0.25) is 0 Å². The lowest BCUT2D eigenvalue weighted by molar-refractivity contribution is 0.0983. The van der Waals surface area contributed by atoms with Gasteiger partial charge in [0.1, 0.15) is 0 Å². The highest BCUT2D eigenvalue weighted by atomic mass is 32.1. The Bertz CT molecular complexity index is 589. The summed E-state index contributed by atoms with van der Waals surface area (Å²) in [6.45, 7) is 0. The summed E-state index contributed by atoms with van der Waals surface area (Å²) in [5.74, 6) is -0.0812. The molecule has 0 aromatic carbocycles. The van der Waals surface area contributed by atoms with Crippen LogP contribution in [0.1, 0.15) is 16.7 Å². The van der Waals surface area contributed by atoms with Gasteiger partial charge in [-0.25, -0.2) is 4.99 Å². The number of amides is 1. The molecule has 5 nitrogen and oxygen atoms in total. The molecule has 0 bridgehead atoms. The second kappa shape index (κ2) is 2.83. The van der Waals surface area contributed by atoms with Crippen molar-refractivity contribution in [2.24, 2.45) is 4.99 Å². The smallest absolute Gasteiger partial charge is 0.283 e. The number of aromatic amines is 1. The number of aromatic nitrogens is 3. The Balaban J connectivity index is 2.30. The Morgan fingerprint density at radius 3 is 3.20 bits per heavy atom. The lowest BCUT2D eigenvalue weighted by atomic mass is 10.0. The van der Waals surface area contributed by atoms with Gasteiger partial charge in [0, 0.05) is 0 Å². The summed E-state index contributed by atoms with van der Waals surface area (Å²) in [7, 11) is 0. The van der Waals surface area contributed by atoms with E-state index >= 15 is 0 Å². The normalized spacial score (nSPS) is 22.3. The van der Waals surface area contributed by atoms with Gasteiger partial charge >= 0.3 is 5.91 Å². The first kappa shape index (κ1) is 8.49. The minimum absolute atomic E-state index is 0.103. The molecule has 1 amide bonds. The molecule has 74 valence electrons. The largest absolute Gasteiger partial charge is 0.315 e. The zero-order valence-corrected chi connectivity index (χ0v) is 8.36. The Kier molecular flexibility index (Phi) is 1.60. The van der Waals surface area contributed by atoms with E-state index in [-0.39, 0.29) is 17.8 Å². The molecule has 2 heterocycles. The van der Waals surface area contributed by atoms with E-state index in [1.54, 1.807) is 10.6 Å². The van der Waals surface area contributed by atoms with Crippen LogP contribution >= 0.6 is 12.2 Å². The number of fused-ring (bicyclic) bond motifs is 3. The summed E-state index contributed by atoms with van der Waals surface area (Å²) in [6, 6.07) is -0.103. The van der Waals surface area contributed by atoms with Gasteiger partial charge in [-0.05, 0) is 18.3 Å². The van der Waals surface area contributed by atoms with Crippen molar-refractivity contribution in [1.29, 1.82) is 0 Å². The SMILES string of the molecule is O=C1N=C2C=CC=CC2n2c1n[nH]c2=S. The maximum Gasteiger partial charge on any atom is 0.315 e. The zero-order chi connectivity index (χ0) is 10.4. The number of H-pyrrole nitrogens is 1. The Hall–Kier alpha value is -1.82. The van der Waals surface area contributed by atoms with Gasteiger partial charge in [0.15, 0.2) is 4.77 Å². The summed E-state index contributed by atoms with van der Waals surface area (Å²) in [5.41, 5.74) is 0.701. The zero-order valence-electron chi connectivity index (χ0n) is 7.54. The van der Waals surface area contributed by atoms with E-state index in [0.29, 0.717) is 10.5 Å². The van der Waals surface area contributed by atoms with Crippen LogP contribution in [0.15, 0.2) is 29.3 Å². The summed E-state index contributed by atoms with van der Waals surface area (Å²) < 4.78 is 2.12. The molecule has 0 fully saturated rings. The number of hydrogen-bond acceptors (Lipinski definition) is 3. The molecular weight excluding hydrogens is 212 g/mol. The van der Waals surface area contributed by atoms with Crippen molar-refractivity contribution in [1.82, 2.24) is 14.8 Å². The Morgan fingerprint density at radius 2 is 2.33 bits per heavy atom. The third-order valence-electron chi connectivity index (χ3n) is 2.38. The second-order valence-electron chi connectivity index (χ2n) is 3.25. The molecule has 1 aliphatic heterocycles. The van der Waals surface area contributed by atoms with Gasteiger partial charge < -0.3 is 0 Å². The van der Waals surface area contributed by atoms with Crippen molar-refractivity contribution in [3.05, 3.63) is 34.9 Å². The number of carbonyl (C=O) groups excluding carboxylic acids is 1. The van der Waals surface area contributed by atoms with Crippen LogP contribution in [0.3, 0.4) is 0 Å². The fourth-order valence-corrected chi connectivity index (χ4v) is 1.97. The molecule has 0 radical (unpaired) electrons. The average molecular weight is 218 g/mol. The summed E-state index contributed by atoms with van der Waals surface area (Å²) >= 11 is 5.07. The van der Waals surface area contributed by atoms with E-state index < -0.39 is 0 Å². The summed E-state index contributed by atoms with van der Waals surface area (Å²) in [4.78, 5) is 15.5. The van der Waals surface area contributed by atoms with E-state index in [0.717, 1.165) is 0 Å². The van der Waals surface area contributed by atoms with Gasteiger partial charge in [-0.3, -0.25) is 14.5 Å². The van der Waals surface area contributed by atoms with Crippen LogP contribution in [0, 0.1) is 4.77 Å². The lowest BCUT2D eigenvalue weighted by Crippen LogP contribution is -2.27. The minimum atomic E-state index is -0.353. The van der Waals surface area contributed by atoms with E-state index in [2.05, 4.69) is 15.2 Å². The number of hydrogen-bond donors (Lipinski definition) is 1. The predicted molar refractivity (Wildman–Crippen MR) is 56.5 cm³/mol. The van der Waals surface area contributed by atoms with Crippen molar-refractivity contribution in [3.8, 4) is 0 Å². The maximum absolute atomic E-state index is 11.6. The first-order valence-electron chi connectivity index (χ1n) is 4.42. The Labute approximate surface area is 89.8 Å². The first-order valence-corrected chi connectivity index (χ1v) is 4.83. The summed E-state index contributed by atoms with van der Waals surface area (Å²) in [6.07, 6.45) is 7.48. The van der Waals surface area contributed by atoms with Gasteiger partial charge in [-0.1, -0.05) is 18.2 Å². The molecule has 15 heavy (non-hydrogen) atoms. The van der Waals surface area contributed by atoms with Crippen LogP contribution < -0.4 is 0 Å². The van der Waals surface area contributed by atoms with E-state index in [1.807, 2.05) is 18.2 Å². The van der Waals surface area contributed by atoms with Gasteiger partial charge in [0.05, 0.1) is 11.8 Å². The molecule has 1 atom stereocenters. The van der Waals surface area contributed by atoms with Crippen molar-refractivity contribution in [3.63, 3.8) is 0 Å². The molecule has 1 aromatic rings. The molecule has 1 N–H and O–H groups in total. The summed E-state index contributed by atoms with van der Waals surface area (Å²) in [5, 5.41) is 6.47. The number of nitrogens with one attached hydrogen (secondary N) is 1. The predicted octanol–water partition coefficient (Wildman–Crippen LogP) is 1.20. The molecule has 0 saturated heterocycles. The lowest BCUT2D eigenvalue weighted by Gasteiger charge is -2.21. The van der Waals surface area contributed by atoms with Crippen LogP contribution in [0.25, 0.3) is 0 Å². The van der Waals surface area contributed by atoms with E-state index in [4.69, 9.17) is 12.2 Å². The van der Waals surface area contributed by atoms with Gasteiger partial charge in [-0.15, -0.1) is 5.10 Å². The second-order valence-corrected chi connectivity index (χ2v) is 3.64. The molecule has 1 aromatic heterocycles. The fraction of sp³-hybridized carbons (Fsp3) is 0.111. The molecule has 1 unspecified atom stereocenters. The third-order valence-corrected chi connectivity index (χ3v) is 2.67. The third kappa shape index (κ3) is 1.08. The van der Waals surface area contributed by atoms with Gasteiger partial charge in [0.25, 0.3) is 0 Å². The molecule has 2 aliphatic rings. The maximum atomic E-state index is 11.6. The minimum Gasteiger partial charge on any atom is -0.283 e. The number of aliphatic imine (C=N–C) groups is 1. The first-order chi connectivity index (χ1) is 7.27. The molecule has 1 aliphatic carbocycles. The topological polar surface area (TPSA) is 63.0 Å². The number of nitrogens with zero attached hydrogens (tertiary/aromatic N) is 3. The van der Waals surface area contributed by atoms with Crippen molar-refractivity contribution >= 4 is 23.8 Å². The molecular formula is C9H6N4OS. The van der Waals surface area contributed by atoms with Crippen LogP contribution in [-0.4, -0.2) is 26.4 Å². The fourth-order valence-electron chi connectivity index (χ4n) is 1.72. The van der Waals surface area contributed by atoms with Gasteiger partial charge in [0.2, 0.25) is 5.82 Å². The standard InChI is InChI=1S/C9H6N4OS/c14-8-7-11-12-9(15)13(7)6-4-2-1-3-5(6)10-8/h1-4,6H,(H,12,15). The van der Waals surface area contributed by atoms with Gasteiger partial charge in [-0.2, -0.15) is 0 Å². The van der Waals surface area contributed by atoms with Crippen LogP contribution in [-0.2, 0) is 0 Å². The number of carbonyl (C=O) groups is 1. The quantitative estimate of drug-likeness (QED) is 0.665. The number of allylic oxidation sites excluding steroid dienone is 4. The highest BCUT2D eigenvalue weighted by Crippen LogP contribution is 2.22. The van der Waals surface area contributed by atoms with Crippen LogP contribution in [0.4, 0.5) is 0 Å². The molecule has 0 spiro atoms. The van der Waals surface area contributed by atoms with Crippen molar-refractivity contribution in [2.75, 3.05) is 0 Å². The molecule has 6 heteroatoms. The van der Waals surface area contributed by atoms with E-state index in [1.165, 1.54) is 0 Å². The number of rotatable bonds is 0. The van der Waals surface area contributed by atoms with Crippen molar-refractivity contribution < 1.29 is 4.79 Å². The highest BCUT2D eigenvalue weighted by molar-refractivity contribution is 7.71. The van der Waals surface area contributed by atoms with Crippen molar-refractivity contribution in [2.45, 2.75) is 6.04 Å². The van der Waals surface area contributed by atoms with E-state index in [9.17, 15) is 4.79 Å². The van der Waals surface area contributed by atoms with Crippen LogP contribution in [0.5, 0.6) is 0 Å². The molecule has 0 saturated carbocycles. The molecule has 3 rings (SSSR count). The average Bonchev–Trinajstić information content (AvgIpc) is 2.62.